The first kappa shape index (κ1) is 42.6. The predicted molar refractivity (Wildman–Crippen MR) is 327 cm³/mol. The van der Waals surface area contributed by atoms with Gasteiger partial charge in [-0.1, -0.05) is 261 Å². The third-order valence-corrected chi connectivity index (χ3v) is 16.6. The van der Waals surface area contributed by atoms with E-state index in [0.29, 0.717) is 0 Å². The predicted octanol–water partition coefficient (Wildman–Crippen LogP) is 21.5. The molecule has 16 aromatic carbocycles. The highest BCUT2D eigenvalue weighted by molar-refractivity contribution is 6.29. The normalized spacial score (nSPS) is 11.9. The SMILES string of the molecule is c1cc(-c2ccc(-c3cccc(-c4ccc5ccc6c(-c7ccc8ccccc8c7)ccc7ccc4c5c76)c3)cc2)cc(-c2ccc3ccc4c(-c5ccc(-c6cccc7ccccc67)cc5)ccc5ccc2c3c54)c1. The van der Waals surface area contributed by atoms with E-state index in [4.69, 9.17) is 0 Å². The van der Waals surface area contributed by atoms with E-state index in [1.54, 1.807) is 0 Å². The molecule has 350 valence electrons. The van der Waals surface area contributed by atoms with Gasteiger partial charge in [0.2, 0.25) is 0 Å². The van der Waals surface area contributed by atoms with E-state index >= 15 is 0 Å². The van der Waals surface area contributed by atoms with Gasteiger partial charge in [-0.15, -0.1) is 0 Å². The molecule has 0 radical (unpaired) electrons. The molecule has 0 amide bonds. The molecule has 0 heteroatoms. The van der Waals surface area contributed by atoms with E-state index < -0.39 is 0 Å². The summed E-state index contributed by atoms with van der Waals surface area (Å²) in [6.45, 7) is 0. The first-order chi connectivity index (χ1) is 37.6. The van der Waals surface area contributed by atoms with E-state index in [1.165, 1.54) is 164 Å². The zero-order valence-electron chi connectivity index (χ0n) is 41.6. The lowest BCUT2D eigenvalue weighted by Gasteiger charge is -2.17. The van der Waals surface area contributed by atoms with Crippen LogP contribution in [0.3, 0.4) is 0 Å². The van der Waals surface area contributed by atoms with E-state index in [0.717, 1.165) is 0 Å². The molecule has 0 fully saturated rings. The number of hydrogen-bond acceptors (Lipinski definition) is 0. The van der Waals surface area contributed by atoms with Crippen molar-refractivity contribution >= 4 is 86.2 Å². The van der Waals surface area contributed by atoms with Crippen LogP contribution in [0.4, 0.5) is 0 Å². The molecule has 0 saturated heterocycles. The van der Waals surface area contributed by atoms with Crippen LogP contribution in [0, 0.1) is 0 Å². The number of rotatable bonds is 7. The molecule has 0 spiro atoms. The molecule has 0 aliphatic heterocycles. The first-order valence-corrected chi connectivity index (χ1v) is 26.5. The monoisotopic (exact) mass is 958 g/mol. The fraction of sp³-hybridized carbons (Fsp3) is 0. The number of hydrogen-bond donors (Lipinski definition) is 0. The van der Waals surface area contributed by atoms with E-state index in [-0.39, 0.29) is 0 Å². The molecule has 0 aliphatic rings. The second kappa shape index (κ2) is 16.8. The van der Waals surface area contributed by atoms with Crippen molar-refractivity contribution in [2.75, 3.05) is 0 Å². The molecule has 0 aromatic heterocycles. The molecule has 0 saturated carbocycles. The Bertz CT molecular complexity index is 4950. The fourth-order valence-corrected chi connectivity index (χ4v) is 12.9. The van der Waals surface area contributed by atoms with Crippen LogP contribution in [0.25, 0.3) is 164 Å². The topological polar surface area (TPSA) is 0 Å². The van der Waals surface area contributed by atoms with Gasteiger partial charge in [0.05, 0.1) is 0 Å². The average Bonchev–Trinajstić information content (AvgIpc) is 3.50. The molecule has 0 bridgehead atoms. The molecule has 0 N–H and O–H groups in total. The number of fused-ring (bicyclic) bond motifs is 2. The second-order valence-corrected chi connectivity index (χ2v) is 20.7. The van der Waals surface area contributed by atoms with Crippen molar-refractivity contribution in [1.29, 1.82) is 0 Å². The summed E-state index contributed by atoms with van der Waals surface area (Å²) >= 11 is 0. The van der Waals surface area contributed by atoms with Gasteiger partial charge < -0.3 is 0 Å². The highest BCUT2D eigenvalue weighted by Crippen LogP contribution is 2.46. The highest BCUT2D eigenvalue weighted by Gasteiger charge is 2.18. The maximum Gasteiger partial charge on any atom is -0.00203 e. The minimum Gasteiger partial charge on any atom is -0.0616 e. The Balaban J connectivity index is 0.716. The lowest BCUT2D eigenvalue weighted by Crippen LogP contribution is -1.90. The maximum absolute atomic E-state index is 2.36. The molecule has 0 nitrogen and oxygen atoms in total. The second-order valence-electron chi connectivity index (χ2n) is 20.7. The summed E-state index contributed by atoms with van der Waals surface area (Å²) in [5.74, 6) is 0. The third kappa shape index (κ3) is 6.71. The van der Waals surface area contributed by atoms with E-state index in [9.17, 15) is 0 Å². The Morgan fingerprint density at radius 3 is 0.934 bits per heavy atom. The molecular formula is C76H46. The summed E-state index contributed by atoms with van der Waals surface area (Å²) in [5.41, 5.74) is 17.2. The van der Waals surface area contributed by atoms with Crippen LogP contribution in [-0.2, 0) is 0 Å². The lowest BCUT2D eigenvalue weighted by atomic mass is 9.86. The first-order valence-electron chi connectivity index (χ1n) is 26.5. The van der Waals surface area contributed by atoms with Gasteiger partial charge in [-0.3, -0.25) is 0 Å². The summed E-state index contributed by atoms with van der Waals surface area (Å²) in [6, 6.07) is 104. The van der Waals surface area contributed by atoms with Gasteiger partial charge in [0.15, 0.2) is 0 Å². The van der Waals surface area contributed by atoms with Crippen LogP contribution in [0.5, 0.6) is 0 Å². The summed E-state index contributed by atoms with van der Waals surface area (Å²) in [4.78, 5) is 0. The Kier molecular flexibility index (Phi) is 9.44. The summed E-state index contributed by atoms with van der Waals surface area (Å²) in [6.07, 6.45) is 0. The summed E-state index contributed by atoms with van der Waals surface area (Å²) < 4.78 is 0. The lowest BCUT2D eigenvalue weighted by molar-refractivity contribution is 1.58. The van der Waals surface area contributed by atoms with Crippen LogP contribution in [0.1, 0.15) is 0 Å². The highest BCUT2D eigenvalue weighted by atomic mass is 14.2. The molecular weight excluding hydrogens is 913 g/mol. The molecule has 0 unspecified atom stereocenters. The maximum atomic E-state index is 2.36. The largest absolute Gasteiger partial charge is 0.0616 e. The van der Waals surface area contributed by atoms with Crippen LogP contribution in [-0.4, -0.2) is 0 Å². The summed E-state index contributed by atoms with van der Waals surface area (Å²) in [7, 11) is 0. The van der Waals surface area contributed by atoms with Gasteiger partial charge in [-0.25, -0.2) is 0 Å². The van der Waals surface area contributed by atoms with Gasteiger partial charge in [0.1, 0.15) is 0 Å². The summed E-state index contributed by atoms with van der Waals surface area (Å²) in [5, 5.41) is 20.6. The zero-order valence-corrected chi connectivity index (χ0v) is 41.6. The molecule has 16 aromatic rings. The zero-order chi connectivity index (χ0) is 49.8. The van der Waals surface area contributed by atoms with Crippen molar-refractivity contribution in [3.63, 3.8) is 0 Å². The minimum atomic E-state index is 1.20. The van der Waals surface area contributed by atoms with Crippen molar-refractivity contribution in [2.24, 2.45) is 0 Å². The molecule has 76 heavy (non-hydrogen) atoms. The molecule has 0 aliphatic carbocycles. The Labute approximate surface area is 440 Å². The van der Waals surface area contributed by atoms with Gasteiger partial charge in [-0.2, -0.15) is 0 Å². The van der Waals surface area contributed by atoms with Crippen LogP contribution in [0.2, 0.25) is 0 Å². The molecule has 0 heterocycles. The van der Waals surface area contributed by atoms with Crippen LogP contribution in [0.15, 0.2) is 279 Å². The Morgan fingerprint density at radius 2 is 0.447 bits per heavy atom. The van der Waals surface area contributed by atoms with Gasteiger partial charge in [-0.05, 0) is 182 Å². The average molecular weight is 959 g/mol. The quantitative estimate of drug-likeness (QED) is 0.140. The Hall–Kier alpha value is -9.88. The van der Waals surface area contributed by atoms with Crippen molar-refractivity contribution < 1.29 is 0 Å². The molecule has 0 atom stereocenters. The van der Waals surface area contributed by atoms with E-state index in [2.05, 4.69) is 279 Å². The minimum absolute atomic E-state index is 1.20. The standard InChI is InChI=1S/C76H46/c1-2-10-57-46-62(27-22-47(57)8-1)68-39-31-56-34-42-71-67(38-30-55-35-43-72(68)76(56)75(55)71)61-15-6-13-59(45-61)49-20-18-48(19-21-49)58-12-5-14-60(44-58)66-37-29-54-32-40-69-65(36-28-53-33-41-70(66)74(54)73(53)69)52-25-23-51(24-26-52)64-17-7-11-50-9-3-4-16-63(50)64/h1-46H. The smallest absolute Gasteiger partial charge is 0.00203 e. The van der Waals surface area contributed by atoms with Crippen molar-refractivity contribution in [3.05, 3.63) is 279 Å². The fourth-order valence-electron chi connectivity index (χ4n) is 12.9. The Morgan fingerprint density at radius 1 is 0.132 bits per heavy atom. The van der Waals surface area contributed by atoms with Gasteiger partial charge in [0.25, 0.3) is 0 Å². The van der Waals surface area contributed by atoms with Gasteiger partial charge >= 0.3 is 0 Å². The third-order valence-electron chi connectivity index (χ3n) is 16.6. The van der Waals surface area contributed by atoms with Crippen molar-refractivity contribution in [3.8, 4) is 77.9 Å². The van der Waals surface area contributed by atoms with E-state index in [1.807, 2.05) is 0 Å². The van der Waals surface area contributed by atoms with Crippen LogP contribution >= 0.6 is 0 Å². The van der Waals surface area contributed by atoms with Crippen LogP contribution < -0.4 is 0 Å². The molecule has 16 rings (SSSR count). The number of benzene rings is 16. The van der Waals surface area contributed by atoms with Crippen molar-refractivity contribution in [1.82, 2.24) is 0 Å². The van der Waals surface area contributed by atoms with Crippen molar-refractivity contribution in [2.45, 2.75) is 0 Å². The van der Waals surface area contributed by atoms with Gasteiger partial charge in [0, 0.05) is 0 Å².